The second-order valence-electron chi connectivity index (χ2n) is 4.33. The number of carbonyl (C=O) groups is 1. The molecule has 4 nitrogen and oxygen atoms in total. The number of benzene rings is 1. The third-order valence-electron chi connectivity index (χ3n) is 2.90. The molecule has 2 N–H and O–H groups in total. The quantitative estimate of drug-likeness (QED) is 0.893. The molecule has 20 heavy (non-hydrogen) atoms. The average molecular weight is 334 g/mol. The summed E-state index contributed by atoms with van der Waals surface area (Å²) in [6.45, 7) is 4.71. The summed E-state index contributed by atoms with van der Waals surface area (Å²) in [5, 5.41) is 6.00. The minimum Gasteiger partial charge on any atom is -0.370 e. The van der Waals surface area contributed by atoms with Crippen LogP contribution in [0.2, 0.25) is 0 Å². The van der Waals surface area contributed by atoms with Crippen LogP contribution in [0, 0.1) is 6.92 Å². The molecule has 0 aliphatic rings. The van der Waals surface area contributed by atoms with Gasteiger partial charge in [0.1, 0.15) is 5.82 Å². The van der Waals surface area contributed by atoms with E-state index in [0.29, 0.717) is 11.4 Å². The number of anilines is 2. The Hall–Kier alpha value is -1.88. The molecule has 0 bridgehead atoms. The van der Waals surface area contributed by atoms with Gasteiger partial charge in [-0.25, -0.2) is 4.98 Å². The van der Waals surface area contributed by atoms with E-state index >= 15 is 0 Å². The Balaban J connectivity index is 2.19. The molecule has 0 fully saturated rings. The van der Waals surface area contributed by atoms with Gasteiger partial charge in [0, 0.05) is 28.5 Å². The number of hydrogen-bond acceptors (Lipinski definition) is 3. The lowest BCUT2D eigenvalue weighted by Crippen LogP contribution is -2.13. The maximum Gasteiger partial charge on any atom is 0.255 e. The predicted molar refractivity (Wildman–Crippen MR) is 85.2 cm³/mol. The van der Waals surface area contributed by atoms with Crippen molar-refractivity contribution in [1.29, 1.82) is 0 Å². The van der Waals surface area contributed by atoms with Crippen LogP contribution in [0.25, 0.3) is 0 Å². The van der Waals surface area contributed by atoms with Crippen LogP contribution in [0.1, 0.15) is 22.8 Å². The van der Waals surface area contributed by atoms with Crippen molar-refractivity contribution in [2.45, 2.75) is 13.8 Å². The van der Waals surface area contributed by atoms with Crippen molar-refractivity contribution >= 4 is 33.3 Å². The molecule has 0 atom stereocenters. The standard InChI is InChI=1S/C15H16BrN3O/c1-3-17-14-9-11(7-8-18-14)15(20)19-13-6-4-5-12(16)10(13)2/h4-9H,3H2,1-2H3,(H,17,18)(H,19,20). The topological polar surface area (TPSA) is 54.0 Å². The molecule has 104 valence electrons. The van der Waals surface area contributed by atoms with Crippen LogP contribution >= 0.6 is 15.9 Å². The number of carbonyl (C=O) groups excluding carboxylic acids is 1. The Morgan fingerprint density at radius 1 is 1.35 bits per heavy atom. The molecule has 0 spiro atoms. The summed E-state index contributed by atoms with van der Waals surface area (Å²) in [6, 6.07) is 9.16. The molecular formula is C15H16BrN3O. The molecule has 1 aromatic carbocycles. The summed E-state index contributed by atoms with van der Waals surface area (Å²) >= 11 is 3.45. The third-order valence-corrected chi connectivity index (χ3v) is 3.75. The SMILES string of the molecule is CCNc1cc(C(=O)Nc2cccc(Br)c2C)ccn1. The van der Waals surface area contributed by atoms with E-state index in [1.807, 2.05) is 32.0 Å². The second kappa shape index (κ2) is 6.52. The van der Waals surface area contributed by atoms with Gasteiger partial charge in [-0.3, -0.25) is 4.79 Å². The van der Waals surface area contributed by atoms with Gasteiger partial charge in [0.25, 0.3) is 5.91 Å². The zero-order valence-corrected chi connectivity index (χ0v) is 13.0. The van der Waals surface area contributed by atoms with E-state index in [1.165, 1.54) is 0 Å². The molecule has 1 heterocycles. The van der Waals surface area contributed by atoms with E-state index in [0.717, 1.165) is 22.3 Å². The highest BCUT2D eigenvalue weighted by Gasteiger charge is 2.09. The van der Waals surface area contributed by atoms with E-state index in [4.69, 9.17) is 0 Å². The van der Waals surface area contributed by atoms with E-state index in [-0.39, 0.29) is 5.91 Å². The highest BCUT2D eigenvalue weighted by atomic mass is 79.9. The van der Waals surface area contributed by atoms with Crippen molar-refractivity contribution in [2.75, 3.05) is 17.2 Å². The molecule has 1 amide bonds. The monoisotopic (exact) mass is 333 g/mol. The fourth-order valence-electron chi connectivity index (χ4n) is 1.79. The maximum absolute atomic E-state index is 12.3. The molecule has 5 heteroatoms. The van der Waals surface area contributed by atoms with Crippen molar-refractivity contribution in [3.05, 3.63) is 52.1 Å². The first kappa shape index (κ1) is 14.5. The number of aromatic nitrogens is 1. The van der Waals surface area contributed by atoms with Gasteiger partial charge in [0.15, 0.2) is 0 Å². The van der Waals surface area contributed by atoms with E-state index in [2.05, 4.69) is 31.5 Å². The Labute approximate surface area is 126 Å². The summed E-state index contributed by atoms with van der Waals surface area (Å²) < 4.78 is 0.971. The van der Waals surface area contributed by atoms with Gasteiger partial charge < -0.3 is 10.6 Å². The van der Waals surface area contributed by atoms with Crippen molar-refractivity contribution < 1.29 is 4.79 Å². The number of nitrogens with one attached hydrogen (secondary N) is 2. The van der Waals surface area contributed by atoms with Crippen LogP contribution in [0.3, 0.4) is 0 Å². The van der Waals surface area contributed by atoms with Gasteiger partial charge in [0.05, 0.1) is 0 Å². The normalized spacial score (nSPS) is 10.2. The number of rotatable bonds is 4. The lowest BCUT2D eigenvalue weighted by atomic mass is 10.2. The highest BCUT2D eigenvalue weighted by Crippen LogP contribution is 2.24. The Morgan fingerprint density at radius 3 is 2.90 bits per heavy atom. The van der Waals surface area contributed by atoms with Crippen molar-refractivity contribution in [2.24, 2.45) is 0 Å². The molecular weight excluding hydrogens is 318 g/mol. The molecule has 0 aliphatic heterocycles. The zero-order valence-electron chi connectivity index (χ0n) is 11.4. The van der Waals surface area contributed by atoms with Crippen LogP contribution < -0.4 is 10.6 Å². The predicted octanol–water partition coefficient (Wildman–Crippen LogP) is 3.84. The first-order valence-electron chi connectivity index (χ1n) is 6.38. The maximum atomic E-state index is 12.3. The van der Waals surface area contributed by atoms with Crippen LogP contribution in [-0.2, 0) is 0 Å². The van der Waals surface area contributed by atoms with E-state index in [9.17, 15) is 4.79 Å². The number of amides is 1. The van der Waals surface area contributed by atoms with Gasteiger partial charge in [-0.15, -0.1) is 0 Å². The highest BCUT2D eigenvalue weighted by molar-refractivity contribution is 9.10. The Kier molecular flexibility index (Phi) is 4.74. The molecule has 0 saturated heterocycles. The molecule has 1 aromatic heterocycles. The van der Waals surface area contributed by atoms with Crippen LogP contribution in [-0.4, -0.2) is 17.4 Å². The number of pyridine rings is 1. The van der Waals surface area contributed by atoms with Gasteiger partial charge in [0.2, 0.25) is 0 Å². The van der Waals surface area contributed by atoms with Crippen LogP contribution in [0.5, 0.6) is 0 Å². The lowest BCUT2D eigenvalue weighted by molar-refractivity contribution is 0.102. The largest absolute Gasteiger partial charge is 0.370 e. The zero-order chi connectivity index (χ0) is 14.5. The van der Waals surface area contributed by atoms with Gasteiger partial charge >= 0.3 is 0 Å². The molecule has 0 aliphatic carbocycles. The summed E-state index contributed by atoms with van der Waals surface area (Å²) in [5.74, 6) is 0.555. The minimum atomic E-state index is -0.146. The fraction of sp³-hybridized carbons (Fsp3) is 0.200. The smallest absolute Gasteiger partial charge is 0.255 e. The van der Waals surface area contributed by atoms with Crippen molar-refractivity contribution in [1.82, 2.24) is 4.98 Å². The first-order valence-corrected chi connectivity index (χ1v) is 7.17. The first-order chi connectivity index (χ1) is 9.61. The Morgan fingerprint density at radius 2 is 2.15 bits per heavy atom. The van der Waals surface area contributed by atoms with Gasteiger partial charge in [-0.05, 0) is 43.7 Å². The number of halogens is 1. The van der Waals surface area contributed by atoms with Gasteiger partial charge in [-0.1, -0.05) is 22.0 Å². The lowest BCUT2D eigenvalue weighted by Gasteiger charge is -2.10. The Bertz CT molecular complexity index is 628. The van der Waals surface area contributed by atoms with Crippen LogP contribution in [0.15, 0.2) is 41.0 Å². The molecule has 0 saturated carbocycles. The molecule has 2 aromatic rings. The van der Waals surface area contributed by atoms with Crippen LogP contribution in [0.4, 0.5) is 11.5 Å². The molecule has 2 rings (SSSR count). The molecule has 0 radical (unpaired) electrons. The summed E-state index contributed by atoms with van der Waals surface area (Å²) in [6.07, 6.45) is 1.63. The van der Waals surface area contributed by atoms with E-state index < -0.39 is 0 Å². The number of nitrogens with zero attached hydrogens (tertiary/aromatic N) is 1. The molecule has 0 unspecified atom stereocenters. The fourth-order valence-corrected chi connectivity index (χ4v) is 2.15. The third kappa shape index (κ3) is 3.36. The number of hydrogen-bond donors (Lipinski definition) is 2. The average Bonchev–Trinajstić information content (AvgIpc) is 2.44. The van der Waals surface area contributed by atoms with Crippen molar-refractivity contribution in [3.8, 4) is 0 Å². The van der Waals surface area contributed by atoms with Gasteiger partial charge in [-0.2, -0.15) is 0 Å². The van der Waals surface area contributed by atoms with E-state index in [1.54, 1.807) is 18.3 Å². The summed E-state index contributed by atoms with van der Waals surface area (Å²) in [7, 11) is 0. The van der Waals surface area contributed by atoms with Crippen molar-refractivity contribution in [3.63, 3.8) is 0 Å². The minimum absolute atomic E-state index is 0.146. The summed E-state index contributed by atoms with van der Waals surface area (Å²) in [5.41, 5.74) is 2.38. The second-order valence-corrected chi connectivity index (χ2v) is 5.18. The summed E-state index contributed by atoms with van der Waals surface area (Å²) in [4.78, 5) is 16.4.